The Morgan fingerprint density at radius 1 is 1.19 bits per heavy atom. The Balaban J connectivity index is 1.48. The molecule has 7 nitrogen and oxygen atoms in total. The fraction of sp³-hybridized carbons (Fsp3) is 0.158. The molecule has 0 saturated heterocycles. The first-order valence-electron chi connectivity index (χ1n) is 8.31. The number of carbonyl (C=O) groups is 1. The number of hydrogen-bond acceptors (Lipinski definition) is 5. The summed E-state index contributed by atoms with van der Waals surface area (Å²) >= 11 is 5.97. The molecule has 0 radical (unpaired) electrons. The van der Waals surface area contributed by atoms with Gasteiger partial charge in [-0.15, -0.1) is 0 Å². The number of hydrogen-bond donors (Lipinski definition) is 2. The zero-order valence-corrected chi connectivity index (χ0v) is 15.1. The van der Waals surface area contributed by atoms with E-state index < -0.39 is 0 Å². The molecule has 0 saturated carbocycles. The summed E-state index contributed by atoms with van der Waals surface area (Å²) < 4.78 is 1.82. The second-order valence-corrected chi connectivity index (χ2v) is 6.07. The first-order chi connectivity index (χ1) is 13.1. The van der Waals surface area contributed by atoms with Crippen molar-refractivity contribution in [2.75, 3.05) is 11.9 Å². The molecule has 0 bridgehead atoms. The average Bonchev–Trinajstić information content (AvgIpc) is 3.21. The lowest BCUT2D eigenvalue weighted by Crippen LogP contribution is -2.25. The smallest absolute Gasteiger partial charge is 0.226 e. The van der Waals surface area contributed by atoms with Crippen LogP contribution in [0.1, 0.15) is 17.5 Å². The molecular formula is C19H17ClN6O. The van der Waals surface area contributed by atoms with Crippen LogP contribution in [0.4, 0.5) is 5.82 Å². The van der Waals surface area contributed by atoms with Crippen molar-refractivity contribution in [2.24, 2.45) is 0 Å². The van der Waals surface area contributed by atoms with Gasteiger partial charge in [-0.3, -0.25) is 4.79 Å². The molecule has 3 aromatic rings. The third-order valence-corrected chi connectivity index (χ3v) is 3.95. The minimum absolute atomic E-state index is 0.0855. The van der Waals surface area contributed by atoms with E-state index in [1.807, 2.05) is 41.2 Å². The zero-order valence-electron chi connectivity index (χ0n) is 14.4. The van der Waals surface area contributed by atoms with E-state index in [0.717, 1.165) is 5.56 Å². The lowest BCUT2D eigenvalue weighted by molar-refractivity contribution is -0.121. The van der Waals surface area contributed by atoms with Crippen LogP contribution in [0.15, 0.2) is 54.9 Å². The zero-order chi connectivity index (χ0) is 19.1. The van der Waals surface area contributed by atoms with E-state index >= 15 is 0 Å². The first kappa shape index (κ1) is 18.4. The number of rotatable bonds is 7. The molecule has 0 unspecified atom stereocenters. The molecule has 0 aliphatic rings. The van der Waals surface area contributed by atoms with Crippen molar-refractivity contribution in [3.63, 3.8) is 0 Å². The number of nitrogens with one attached hydrogen (secondary N) is 2. The summed E-state index contributed by atoms with van der Waals surface area (Å²) in [6.07, 6.45) is 4.01. The van der Waals surface area contributed by atoms with Crippen LogP contribution < -0.4 is 10.6 Å². The summed E-state index contributed by atoms with van der Waals surface area (Å²) in [5, 5.41) is 14.8. The van der Waals surface area contributed by atoms with Crippen LogP contribution >= 0.6 is 11.6 Å². The highest BCUT2D eigenvalue weighted by molar-refractivity contribution is 6.28. The second-order valence-electron chi connectivity index (χ2n) is 5.73. The Bertz CT molecular complexity index is 947. The predicted molar refractivity (Wildman–Crippen MR) is 102 cm³/mol. The minimum Gasteiger partial charge on any atom is -0.369 e. The maximum atomic E-state index is 12.0. The van der Waals surface area contributed by atoms with Crippen molar-refractivity contribution in [1.29, 1.82) is 5.26 Å². The van der Waals surface area contributed by atoms with E-state index in [4.69, 9.17) is 16.9 Å². The van der Waals surface area contributed by atoms with Gasteiger partial charge >= 0.3 is 0 Å². The number of anilines is 1. The van der Waals surface area contributed by atoms with E-state index in [0.29, 0.717) is 30.3 Å². The second kappa shape index (κ2) is 8.83. The molecule has 27 heavy (non-hydrogen) atoms. The van der Waals surface area contributed by atoms with Crippen molar-refractivity contribution in [3.8, 4) is 11.9 Å². The number of amides is 1. The molecule has 0 aliphatic carbocycles. The summed E-state index contributed by atoms with van der Waals surface area (Å²) in [7, 11) is 0. The van der Waals surface area contributed by atoms with Gasteiger partial charge in [0.1, 0.15) is 11.6 Å². The Labute approximate surface area is 161 Å². The molecule has 2 heterocycles. The Morgan fingerprint density at radius 3 is 2.63 bits per heavy atom. The van der Waals surface area contributed by atoms with E-state index in [2.05, 4.69) is 26.7 Å². The van der Waals surface area contributed by atoms with Gasteiger partial charge in [-0.1, -0.05) is 12.1 Å². The monoisotopic (exact) mass is 380 g/mol. The minimum atomic E-state index is -0.0855. The lowest BCUT2D eigenvalue weighted by Gasteiger charge is -2.09. The van der Waals surface area contributed by atoms with Crippen LogP contribution in [0.5, 0.6) is 0 Å². The van der Waals surface area contributed by atoms with Crippen LogP contribution in [-0.2, 0) is 11.3 Å². The van der Waals surface area contributed by atoms with Crippen LogP contribution in [-0.4, -0.2) is 27.0 Å². The highest BCUT2D eigenvalue weighted by atomic mass is 35.5. The fourth-order valence-electron chi connectivity index (χ4n) is 2.41. The van der Waals surface area contributed by atoms with Gasteiger partial charge in [0.25, 0.3) is 0 Å². The average molecular weight is 381 g/mol. The topological polar surface area (TPSA) is 95.6 Å². The van der Waals surface area contributed by atoms with Gasteiger partial charge in [-0.05, 0) is 41.4 Å². The molecule has 1 amide bonds. The Morgan fingerprint density at radius 2 is 1.93 bits per heavy atom. The Hall–Kier alpha value is -3.37. The lowest BCUT2D eigenvalue weighted by atomic mass is 10.1. The molecule has 136 valence electrons. The summed E-state index contributed by atoms with van der Waals surface area (Å²) in [4.78, 5) is 20.3. The highest BCUT2D eigenvalue weighted by Gasteiger charge is 2.06. The van der Waals surface area contributed by atoms with Crippen molar-refractivity contribution in [2.45, 2.75) is 13.0 Å². The largest absolute Gasteiger partial charge is 0.369 e. The summed E-state index contributed by atoms with van der Waals surface area (Å²) in [5.41, 5.74) is 1.53. The maximum Gasteiger partial charge on any atom is 0.226 e. The third kappa shape index (κ3) is 5.30. The maximum absolute atomic E-state index is 12.0. The number of benzene rings is 1. The summed E-state index contributed by atoms with van der Waals surface area (Å²) in [5.74, 6) is 1.11. The van der Waals surface area contributed by atoms with Crippen molar-refractivity contribution in [1.82, 2.24) is 19.9 Å². The van der Waals surface area contributed by atoms with Gasteiger partial charge in [0.15, 0.2) is 0 Å². The summed E-state index contributed by atoms with van der Waals surface area (Å²) in [6, 6.07) is 14.7. The molecule has 1 aromatic carbocycles. The number of aromatic nitrogens is 3. The molecule has 0 aliphatic heterocycles. The molecule has 0 spiro atoms. The SMILES string of the molecule is N#Cc1ccc(CNC(=O)CCNc2cc(-n3cccc3)nc(Cl)n2)cc1. The number of carbonyl (C=O) groups excluding carboxylic acids is 1. The van der Waals surface area contributed by atoms with Gasteiger partial charge in [-0.25, -0.2) is 4.98 Å². The molecule has 2 aromatic heterocycles. The van der Waals surface area contributed by atoms with Gasteiger partial charge < -0.3 is 15.2 Å². The van der Waals surface area contributed by atoms with Gasteiger partial charge in [0.2, 0.25) is 11.2 Å². The van der Waals surface area contributed by atoms with E-state index in [-0.39, 0.29) is 17.6 Å². The molecule has 3 rings (SSSR count). The van der Waals surface area contributed by atoms with Crippen LogP contribution in [0.3, 0.4) is 0 Å². The van der Waals surface area contributed by atoms with E-state index in [1.54, 1.807) is 18.2 Å². The highest BCUT2D eigenvalue weighted by Crippen LogP contribution is 2.14. The number of halogens is 1. The number of nitriles is 1. The van der Waals surface area contributed by atoms with Gasteiger partial charge in [0, 0.05) is 38.0 Å². The standard InChI is InChI=1S/C19H17ClN6O/c20-19-24-16(11-17(25-19)26-9-1-2-10-26)22-8-7-18(27)23-13-15-5-3-14(12-21)4-6-15/h1-6,9-11H,7-8,13H2,(H,23,27)(H,22,24,25). The first-order valence-corrected chi connectivity index (χ1v) is 8.69. The van der Waals surface area contributed by atoms with E-state index in [9.17, 15) is 4.79 Å². The van der Waals surface area contributed by atoms with Crippen molar-refractivity contribution in [3.05, 3.63) is 71.3 Å². The van der Waals surface area contributed by atoms with Crippen LogP contribution in [0, 0.1) is 11.3 Å². The summed E-state index contributed by atoms with van der Waals surface area (Å²) in [6.45, 7) is 0.833. The molecule has 0 atom stereocenters. The quantitative estimate of drug-likeness (QED) is 0.614. The van der Waals surface area contributed by atoms with Gasteiger partial charge in [-0.2, -0.15) is 10.2 Å². The van der Waals surface area contributed by atoms with Crippen LogP contribution in [0.2, 0.25) is 5.28 Å². The van der Waals surface area contributed by atoms with E-state index in [1.165, 1.54) is 0 Å². The normalized spacial score (nSPS) is 10.2. The molecular weight excluding hydrogens is 364 g/mol. The molecule has 8 heteroatoms. The van der Waals surface area contributed by atoms with Crippen molar-refractivity contribution >= 4 is 23.3 Å². The van der Waals surface area contributed by atoms with Crippen molar-refractivity contribution < 1.29 is 4.79 Å². The van der Waals surface area contributed by atoms with Crippen LogP contribution in [0.25, 0.3) is 5.82 Å². The van der Waals surface area contributed by atoms with Gasteiger partial charge in [0.05, 0.1) is 11.6 Å². The fourth-order valence-corrected chi connectivity index (χ4v) is 2.58. The number of nitrogens with zero attached hydrogens (tertiary/aromatic N) is 4. The predicted octanol–water partition coefficient (Wildman–Crippen LogP) is 2.91. The Kier molecular flexibility index (Phi) is 6.02. The third-order valence-electron chi connectivity index (χ3n) is 3.79. The molecule has 0 fully saturated rings. The molecule has 2 N–H and O–H groups in total.